The van der Waals surface area contributed by atoms with Crippen LogP contribution in [0.25, 0.3) is 0 Å². The van der Waals surface area contributed by atoms with Gasteiger partial charge in [-0.1, -0.05) is 19.8 Å². The minimum absolute atomic E-state index is 0. The molecule has 0 saturated heterocycles. The summed E-state index contributed by atoms with van der Waals surface area (Å²) in [4.78, 5) is 0. The summed E-state index contributed by atoms with van der Waals surface area (Å²) in [6, 6.07) is 0. The van der Waals surface area contributed by atoms with Gasteiger partial charge in [0.1, 0.15) is 0 Å². The van der Waals surface area contributed by atoms with Crippen molar-refractivity contribution in [3.05, 3.63) is 0 Å². The van der Waals surface area contributed by atoms with Crippen LogP contribution in [0.5, 0.6) is 0 Å². The number of hydrogen-bond acceptors (Lipinski definition) is 1. The van der Waals surface area contributed by atoms with Crippen molar-refractivity contribution in [3.63, 3.8) is 0 Å². The predicted octanol–water partition coefficient (Wildman–Crippen LogP) is 0.689. The monoisotopic (exact) mass is 250 g/mol. The van der Waals surface area contributed by atoms with Crippen molar-refractivity contribution in [2.75, 3.05) is 5.65 Å². The van der Waals surface area contributed by atoms with E-state index in [0.29, 0.717) is 5.92 Å². The summed E-state index contributed by atoms with van der Waals surface area (Å²) in [6.07, 6.45) is 4.23. The molecule has 78 valence electrons. The maximum atomic E-state index is 11.9. The van der Waals surface area contributed by atoms with E-state index in [1.165, 1.54) is 6.42 Å². The normalized spacial score (nSPS) is 28.3. The smallest absolute Gasteiger partial charge is 0.448 e. The van der Waals surface area contributed by atoms with Crippen molar-refractivity contribution in [2.45, 2.75) is 37.9 Å². The van der Waals surface area contributed by atoms with Crippen molar-refractivity contribution in [2.24, 2.45) is 5.92 Å². The quantitative estimate of drug-likeness (QED) is 0.664. The fourth-order valence-corrected chi connectivity index (χ4v) is 3.06. The molecular weight excluding hydrogens is 235 g/mol. The molecule has 0 spiro atoms. The maximum absolute atomic E-state index is 11.9. The molecule has 0 radical (unpaired) electrons. The summed E-state index contributed by atoms with van der Waals surface area (Å²) in [5.41, 5.74) is -0.614. The molecule has 6 heteroatoms. The Morgan fingerprint density at radius 3 is 2.43 bits per heavy atom. The van der Waals surface area contributed by atoms with E-state index < -0.39 is 12.6 Å². The molecule has 0 heterocycles. The summed E-state index contributed by atoms with van der Waals surface area (Å²) < 4.78 is 35.8. The van der Waals surface area contributed by atoms with E-state index in [1.54, 1.807) is 0 Å². The number of halogens is 3. The summed E-state index contributed by atoms with van der Waals surface area (Å²) in [7, 11) is 0. The molecule has 0 aromatic rings. The van der Waals surface area contributed by atoms with E-state index in [0.717, 1.165) is 31.0 Å². The van der Waals surface area contributed by atoms with Gasteiger partial charge in [-0.3, -0.25) is 0 Å². The van der Waals surface area contributed by atoms with Crippen LogP contribution in [-0.4, -0.2) is 17.9 Å². The predicted molar refractivity (Wildman–Crippen MR) is 53.0 cm³/mol. The number of hydrogen-bond donors (Lipinski definition) is 0. The Hall–Kier alpha value is 1.84. The molecule has 0 nitrogen and oxygen atoms in total. The Morgan fingerprint density at radius 2 is 1.93 bits per heavy atom. The zero-order valence-electron chi connectivity index (χ0n) is 8.81. The van der Waals surface area contributed by atoms with Gasteiger partial charge in [0.2, 0.25) is 0 Å². The summed E-state index contributed by atoms with van der Waals surface area (Å²) in [6.45, 7) is -2.45. The molecule has 0 amide bonds. The first kappa shape index (κ1) is 15.8. The Kier molecular flexibility index (Phi) is 8.17. The van der Waals surface area contributed by atoms with Crippen LogP contribution in [0.2, 0.25) is 0 Å². The molecular formula is C8H15BF3KS. The van der Waals surface area contributed by atoms with Crippen LogP contribution in [0.1, 0.15) is 32.6 Å². The average molecular weight is 250 g/mol. The van der Waals surface area contributed by atoms with Gasteiger partial charge in [-0.2, -0.15) is 11.8 Å². The van der Waals surface area contributed by atoms with Gasteiger partial charge in [0, 0.05) is 5.25 Å². The largest absolute Gasteiger partial charge is 1.00 e. The molecule has 1 fully saturated rings. The molecule has 1 rings (SSSR count). The molecule has 0 aromatic heterocycles. The molecule has 2 unspecified atom stereocenters. The maximum Gasteiger partial charge on any atom is 1.00 e. The van der Waals surface area contributed by atoms with Gasteiger partial charge in [0.05, 0.1) is 0 Å². The van der Waals surface area contributed by atoms with Crippen LogP contribution in [0.4, 0.5) is 12.9 Å². The third-order valence-corrected chi connectivity index (χ3v) is 3.88. The molecule has 0 aromatic carbocycles. The fraction of sp³-hybridized carbons (Fsp3) is 1.00. The summed E-state index contributed by atoms with van der Waals surface area (Å²) in [5, 5.41) is 0.257. The fourth-order valence-electron chi connectivity index (χ4n) is 1.78. The first-order chi connectivity index (χ1) is 5.97. The van der Waals surface area contributed by atoms with E-state index in [4.69, 9.17) is 0 Å². The number of thioether (sulfide) groups is 1. The van der Waals surface area contributed by atoms with E-state index in [1.807, 2.05) is 0 Å². The van der Waals surface area contributed by atoms with Gasteiger partial charge >= 0.3 is 58.4 Å². The molecule has 1 aliphatic carbocycles. The van der Waals surface area contributed by atoms with Gasteiger partial charge in [0.15, 0.2) is 0 Å². The van der Waals surface area contributed by atoms with Gasteiger partial charge in [-0.15, -0.1) is 0 Å². The van der Waals surface area contributed by atoms with Gasteiger partial charge in [0.25, 0.3) is 0 Å². The molecule has 2 atom stereocenters. The molecule has 0 aliphatic heterocycles. The van der Waals surface area contributed by atoms with Crippen LogP contribution < -0.4 is 51.4 Å². The SMILES string of the molecule is CC1CCCC(SC[B-](F)(F)F)C1.[K+]. The minimum Gasteiger partial charge on any atom is -0.448 e. The Labute approximate surface area is 131 Å². The molecule has 1 saturated carbocycles. The molecule has 14 heavy (non-hydrogen) atoms. The first-order valence-electron chi connectivity index (χ1n) is 4.80. The number of rotatable bonds is 3. The Morgan fingerprint density at radius 1 is 1.29 bits per heavy atom. The first-order valence-corrected chi connectivity index (χ1v) is 5.85. The third kappa shape index (κ3) is 7.17. The molecule has 1 aliphatic rings. The van der Waals surface area contributed by atoms with Crippen molar-refractivity contribution in [1.82, 2.24) is 0 Å². The van der Waals surface area contributed by atoms with Crippen LogP contribution >= 0.6 is 11.8 Å². The summed E-state index contributed by atoms with van der Waals surface area (Å²) in [5.74, 6) is 0.618. The van der Waals surface area contributed by atoms with Gasteiger partial charge in [-0.25, -0.2) is 0 Å². The molecule has 0 N–H and O–H groups in total. The standard InChI is InChI=1S/C8H15BF3S.K/c1-7-3-2-4-8(5-7)13-6-9(10,11)12;/h7-8H,2-6H2,1H3;/q-1;+1. The van der Waals surface area contributed by atoms with E-state index in [-0.39, 0.29) is 56.6 Å². The van der Waals surface area contributed by atoms with Gasteiger partial charge < -0.3 is 12.9 Å². The second-order valence-corrected chi connectivity index (χ2v) is 5.27. The van der Waals surface area contributed by atoms with Crippen molar-refractivity contribution >= 4 is 18.7 Å². The van der Waals surface area contributed by atoms with E-state index in [9.17, 15) is 12.9 Å². The van der Waals surface area contributed by atoms with E-state index in [2.05, 4.69) is 6.92 Å². The Bertz CT molecular complexity index is 165. The van der Waals surface area contributed by atoms with Crippen LogP contribution in [0.15, 0.2) is 0 Å². The second kappa shape index (κ2) is 7.22. The average Bonchev–Trinajstić information content (AvgIpc) is 2.00. The van der Waals surface area contributed by atoms with Crippen molar-refractivity contribution < 1.29 is 64.3 Å². The zero-order valence-corrected chi connectivity index (χ0v) is 12.7. The van der Waals surface area contributed by atoms with Crippen LogP contribution in [0.3, 0.4) is 0 Å². The minimum atomic E-state index is -4.58. The van der Waals surface area contributed by atoms with Crippen LogP contribution in [-0.2, 0) is 0 Å². The third-order valence-electron chi connectivity index (χ3n) is 2.41. The van der Waals surface area contributed by atoms with Gasteiger partial charge in [-0.05, 0) is 24.4 Å². The van der Waals surface area contributed by atoms with Crippen molar-refractivity contribution in [1.29, 1.82) is 0 Å². The summed E-state index contributed by atoms with van der Waals surface area (Å²) >= 11 is 1.11. The van der Waals surface area contributed by atoms with Crippen molar-refractivity contribution in [3.8, 4) is 0 Å². The zero-order chi connectivity index (χ0) is 9.90. The second-order valence-electron chi connectivity index (χ2n) is 3.94. The molecule has 0 bridgehead atoms. The van der Waals surface area contributed by atoms with E-state index >= 15 is 0 Å². The van der Waals surface area contributed by atoms with Crippen LogP contribution in [0, 0.1) is 5.92 Å². The Balaban J connectivity index is 0.00000169. The topological polar surface area (TPSA) is 0 Å².